The van der Waals surface area contributed by atoms with Gasteiger partial charge in [0.05, 0.1) is 5.52 Å². The third-order valence-electron chi connectivity index (χ3n) is 7.22. The van der Waals surface area contributed by atoms with Crippen LogP contribution in [-0.4, -0.2) is 35.0 Å². The van der Waals surface area contributed by atoms with Crippen molar-refractivity contribution in [2.24, 2.45) is 0 Å². The smallest absolute Gasteiger partial charge is 0.231 e. The molecule has 0 aliphatic carbocycles. The minimum absolute atomic E-state index is 0.0323. The average molecular weight is 513 g/mol. The Morgan fingerprint density at radius 1 is 1.06 bits per heavy atom. The third-order valence-corrected chi connectivity index (χ3v) is 7.45. The zero-order chi connectivity index (χ0) is 27.4. The molecule has 3 rings (SSSR count). The maximum Gasteiger partial charge on any atom is 0.231 e. The molecule has 0 amide bonds. The molecule has 1 fully saturated rings. The Bertz CT molecular complexity index is 1070. The molecule has 36 heavy (non-hydrogen) atoms. The van der Waals surface area contributed by atoms with Gasteiger partial charge in [0.15, 0.2) is 0 Å². The Hall–Kier alpha value is -1.84. The van der Waals surface area contributed by atoms with Gasteiger partial charge >= 0.3 is 0 Å². The number of unbranched alkanes of at least 4 members (excludes halogenated alkanes) is 8. The molecular formula is C32H47ClN2O. The van der Waals surface area contributed by atoms with Gasteiger partial charge in [-0.15, -0.1) is 0 Å². The molecule has 2 heterocycles. The van der Waals surface area contributed by atoms with Crippen molar-refractivity contribution in [3.05, 3.63) is 59.3 Å². The van der Waals surface area contributed by atoms with Crippen LogP contribution in [0.3, 0.4) is 0 Å². The molecule has 1 saturated heterocycles. The van der Waals surface area contributed by atoms with Crippen molar-refractivity contribution in [3.8, 4) is 0 Å². The summed E-state index contributed by atoms with van der Waals surface area (Å²) in [5.41, 5.74) is 1.32. The second-order valence-electron chi connectivity index (χ2n) is 10.2. The van der Waals surface area contributed by atoms with Crippen molar-refractivity contribution in [3.63, 3.8) is 0 Å². The molecule has 1 aliphatic rings. The molecule has 1 aromatic heterocycles. The van der Waals surface area contributed by atoms with Crippen molar-refractivity contribution in [1.82, 2.24) is 9.47 Å². The van der Waals surface area contributed by atoms with E-state index in [4.69, 9.17) is 14.3 Å². The van der Waals surface area contributed by atoms with Gasteiger partial charge < -0.3 is 4.90 Å². The summed E-state index contributed by atoms with van der Waals surface area (Å²) in [6.45, 7) is 3.14. The molecule has 0 N–H and O–H groups in total. The second kappa shape index (κ2) is 16.1. The molecule has 0 radical (unpaired) electrons. The van der Waals surface area contributed by atoms with Gasteiger partial charge in [-0.2, -0.15) is 0 Å². The third kappa shape index (κ3) is 9.23. The van der Waals surface area contributed by atoms with Crippen LogP contribution < -0.4 is 0 Å². The van der Waals surface area contributed by atoms with Crippen LogP contribution in [0.2, 0.25) is 5.02 Å². The summed E-state index contributed by atoms with van der Waals surface area (Å²) in [6.07, 6.45) is 24.3. The Labute approximate surface area is 227 Å². The fraction of sp³-hybridized carbons (Fsp3) is 0.594. The van der Waals surface area contributed by atoms with E-state index in [1.807, 2.05) is 13.1 Å². The number of benzene rings is 1. The van der Waals surface area contributed by atoms with Gasteiger partial charge in [0.25, 0.3) is 0 Å². The highest BCUT2D eigenvalue weighted by Crippen LogP contribution is 2.29. The van der Waals surface area contributed by atoms with Crippen molar-refractivity contribution in [2.75, 3.05) is 13.6 Å². The van der Waals surface area contributed by atoms with Crippen LogP contribution in [-0.2, 0) is 6.37 Å². The van der Waals surface area contributed by atoms with Gasteiger partial charge in [-0.25, -0.2) is 0 Å². The lowest BCUT2D eigenvalue weighted by Crippen LogP contribution is -2.26. The summed E-state index contributed by atoms with van der Waals surface area (Å²) < 4.78 is 19.6. The second-order valence-corrected chi connectivity index (χ2v) is 10.7. The first-order chi connectivity index (χ1) is 18.4. The predicted molar refractivity (Wildman–Crippen MR) is 156 cm³/mol. The largest absolute Gasteiger partial charge is 0.303 e. The summed E-state index contributed by atoms with van der Waals surface area (Å²) in [5.74, 6) is 0.0323. The van der Waals surface area contributed by atoms with Gasteiger partial charge in [-0.05, 0) is 95.1 Å². The van der Waals surface area contributed by atoms with Gasteiger partial charge in [0.1, 0.15) is 0 Å². The molecule has 4 heteroatoms. The summed E-state index contributed by atoms with van der Waals surface area (Å²) in [4.78, 5) is 15.3. The van der Waals surface area contributed by atoms with E-state index in [9.17, 15) is 4.79 Å². The number of rotatable bonds is 16. The fourth-order valence-electron chi connectivity index (χ4n) is 5.00. The van der Waals surface area contributed by atoms with E-state index in [0.29, 0.717) is 17.0 Å². The van der Waals surface area contributed by atoms with E-state index in [0.717, 1.165) is 62.4 Å². The number of hydrogen-bond donors (Lipinski definition) is 0. The topological polar surface area (TPSA) is 25.2 Å². The van der Waals surface area contributed by atoms with Gasteiger partial charge in [0.2, 0.25) is 5.91 Å². The van der Waals surface area contributed by atoms with Crippen LogP contribution in [0.4, 0.5) is 0 Å². The number of carbonyl (C=O) groups excluding carboxylic acids is 1. The summed E-state index contributed by atoms with van der Waals surface area (Å²) >= 11 is 6.29. The number of carbonyl (C=O) groups is 1. The molecule has 198 valence electrons. The van der Waals surface area contributed by atoms with Gasteiger partial charge in [-0.3, -0.25) is 9.36 Å². The van der Waals surface area contributed by atoms with E-state index in [2.05, 4.69) is 36.1 Å². The van der Waals surface area contributed by atoms with Crippen LogP contribution >= 0.6 is 11.6 Å². The van der Waals surface area contributed by atoms with Crippen LogP contribution in [0.25, 0.3) is 10.9 Å². The van der Waals surface area contributed by atoms with Crippen molar-refractivity contribution >= 4 is 28.4 Å². The maximum atomic E-state index is 13.2. The fourth-order valence-corrected chi connectivity index (χ4v) is 5.18. The Kier molecular flexibility index (Phi) is 11.5. The van der Waals surface area contributed by atoms with E-state index >= 15 is 0 Å². The number of likely N-dealkylation sites (tertiary alicyclic amines) is 1. The number of allylic oxidation sites excluding steroid dienone is 4. The summed E-state index contributed by atoms with van der Waals surface area (Å²) in [7, 11) is 1.98. The maximum absolute atomic E-state index is 13.2. The van der Waals surface area contributed by atoms with Crippen molar-refractivity contribution < 1.29 is 7.54 Å². The molecule has 1 aromatic carbocycles. The average Bonchev–Trinajstić information content (AvgIpc) is 3.50. The summed E-state index contributed by atoms with van der Waals surface area (Å²) in [6, 6.07) is 5.25. The van der Waals surface area contributed by atoms with E-state index in [1.165, 1.54) is 38.5 Å². The number of fused-ring (bicyclic) bond motifs is 1. The van der Waals surface area contributed by atoms with Crippen LogP contribution in [0.5, 0.6) is 0 Å². The normalized spacial score (nSPS) is 18.0. The number of aromatic nitrogens is 1. The van der Waals surface area contributed by atoms with Crippen molar-refractivity contribution in [1.29, 1.82) is 0 Å². The lowest BCUT2D eigenvalue weighted by Gasteiger charge is -2.18. The van der Waals surface area contributed by atoms with E-state index < -0.39 is 6.37 Å². The molecule has 1 atom stereocenters. The van der Waals surface area contributed by atoms with Gasteiger partial charge in [0, 0.05) is 31.8 Å². The first kappa shape index (κ1) is 25.8. The highest BCUT2D eigenvalue weighted by Gasteiger charge is 2.23. The van der Waals surface area contributed by atoms with Gasteiger partial charge in [-0.1, -0.05) is 74.9 Å². The standard InChI is InChI=1S/C32H47ClN2O/c1-3-4-5-6-7-8-9-10-11-12-13-14-15-16-17-20-32(36)35-26-27(24-29-19-18-23-34(29)2)30-25-28(33)21-22-31(30)35/h7-8,10-11,21-22,25-26,29H,3-6,9,12-20,23-24H2,1-2H3/b8-7-,11-10-/t29-/m1/s1/i24D2. The highest BCUT2D eigenvalue weighted by atomic mass is 35.5. The monoisotopic (exact) mass is 512 g/mol. The van der Waals surface area contributed by atoms with Crippen molar-refractivity contribution in [2.45, 2.75) is 109 Å². The zero-order valence-corrected chi connectivity index (χ0v) is 23.2. The number of likely N-dealkylation sites (N-methyl/N-ethyl adjacent to an activating group) is 1. The molecule has 0 spiro atoms. The predicted octanol–water partition coefficient (Wildman–Crippen LogP) is 9.39. The minimum Gasteiger partial charge on any atom is -0.303 e. The Morgan fingerprint density at radius 2 is 1.78 bits per heavy atom. The molecule has 0 unspecified atom stereocenters. The zero-order valence-electron chi connectivity index (χ0n) is 24.5. The summed E-state index contributed by atoms with van der Waals surface area (Å²) in [5, 5.41) is 1.31. The quantitative estimate of drug-likeness (QED) is 0.165. The molecule has 0 bridgehead atoms. The SMILES string of the molecule is [2H]C([2H])(c1cn(C(=O)CCCCCCC/C=C\C/C=C\CCCCC)c2ccc(Cl)cc12)[C@H]1CCCN1C. The first-order valence-corrected chi connectivity index (χ1v) is 14.6. The lowest BCUT2D eigenvalue weighted by molar-refractivity contribution is 0.0904. The molecule has 2 aromatic rings. The molecule has 1 aliphatic heterocycles. The molecule has 3 nitrogen and oxygen atoms in total. The Morgan fingerprint density at radius 3 is 2.50 bits per heavy atom. The lowest BCUT2D eigenvalue weighted by atomic mass is 10.0. The Balaban J connectivity index is 1.44. The number of nitrogens with zero attached hydrogens (tertiary/aromatic N) is 2. The van der Waals surface area contributed by atoms with E-state index in [-0.39, 0.29) is 11.9 Å². The number of hydrogen-bond acceptors (Lipinski definition) is 2. The minimum atomic E-state index is -1.56. The van der Waals surface area contributed by atoms with Crippen LogP contribution in [0.1, 0.15) is 110 Å². The molecular weight excluding hydrogens is 464 g/mol. The molecule has 0 saturated carbocycles. The first-order valence-electron chi connectivity index (χ1n) is 15.2. The van der Waals surface area contributed by atoms with Crippen LogP contribution in [0.15, 0.2) is 48.7 Å². The van der Waals surface area contributed by atoms with E-state index in [1.54, 1.807) is 22.9 Å². The number of halogens is 1. The van der Waals surface area contributed by atoms with Crippen LogP contribution in [0, 0.1) is 0 Å². The highest BCUT2D eigenvalue weighted by molar-refractivity contribution is 6.31.